The lowest BCUT2D eigenvalue weighted by Gasteiger charge is -2.21. The molecular formula is C18H21N3O2. The van der Waals surface area contributed by atoms with E-state index >= 15 is 0 Å². The zero-order chi connectivity index (χ0) is 16.8. The number of pyridine rings is 1. The molecule has 120 valence electrons. The molecule has 2 rings (SSSR count). The molecule has 1 aromatic heterocycles. The van der Waals surface area contributed by atoms with Gasteiger partial charge in [0, 0.05) is 11.3 Å². The quantitative estimate of drug-likeness (QED) is 0.892. The number of benzene rings is 1. The van der Waals surface area contributed by atoms with Crippen molar-refractivity contribution in [2.24, 2.45) is 5.92 Å². The molecule has 2 aromatic rings. The van der Waals surface area contributed by atoms with Gasteiger partial charge in [-0.05, 0) is 37.1 Å². The Bertz CT molecular complexity index is 684. The number of hydrogen-bond donors (Lipinski definition) is 2. The molecule has 0 fully saturated rings. The SMILES string of the molecule is Cc1cccc(NC(=O)C(NC(=O)c2ccccc2)C(C)C)n1. The minimum atomic E-state index is -0.634. The first-order chi connectivity index (χ1) is 11.0. The molecule has 5 heteroatoms. The van der Waals surface area contributed by atoms with Crippen LogP contribution in [-0.2, 0) is 4.79 Å². The normalized spacial score (nSPS) is 11.8. The molecule has 5 nitrogen and oxygen atoms in total. The highest BCUT2D eigenvalue weighted by Crippen LogP contribution is 2.09. The Balaban J connectivity index is 2.09. The summed E-state index contributed by atoms with van der Waals surface area (Å²) in [6.45, 7) is 5.63. The molecule has 1 unspecified atom stereocenters. The van der Waals surface area contributed by atoms with Crippen LogP contribution < -0.4 is 10.6 Å². The molecule has 0 saturated heterocycles. The maximum absolute atomic E-state index is 12.5. The molecule has 0 spiro atoms. The summed E-state index contributed by atoms with van der Waals surface area (Å²) in [6, 6.07) is 13.6. The zero-order valence-corrected chi connectivity index (χ0v) is 13.5. The number of nitrogens with one attached hydrogen (secondary N) is 2. The Morgan fingerprint density at radius 2 is 1.70 bits per heavy atom. The summed E-state index contributed by atoms with van der Waals surface area (Å²) in [5, 5.41) is 5.54. The number of anilines is 1. The predicted octanol–water partition coefficient (Wildman–Crippen LogP) is 2.78. The van der Waals surface area contributed by atoms with Gasteiger partial charge in [-0.1, -0.05) is 38.1 Å². The van der Waals surface area contributed by atoms with Gasteiger partial charge < -0.3 is 10.6 Å². The van der Waals surface area contributed by atoms with Crippen molar-refractivity contribution in [1.29, 1.82) is 0 Å². The van der Waals surface area contributed by atoms with E-state index in [-0.39, 0.29) is 17.7 Å². The van der Waals surface area contributed by atoms with Gasteiger partial charge in [0.15, 0.2) is 0 Å². The summed E-state index contributed by atoms with van der Waals surface area (Å²) in [7, 11) is 0. The Morgan fingerprint density at radius 3 is 2.30 bits per heavy atom. The van der Waals surface area contributed by atoms with Gasteiger partial charge in [-0.15, -0.1) is 0 Å². The van der Waals surface area contributed by atoms with Crippen LogP contribution >= 0.6 is 0 Å². The van der Waals surface area contributed by atoms with E-state index in [1.807, 2.05) is 39.0 Å². The topological polar surface area (TPSA) is 71.1 Å². The van der Waals surface area contributed by atoms with Crippen molar-refractivity contribution in [2.75, 3.05) is 5.32 Å². The first-order valence-corrected chi connectivity index (χ1v) is 7.58. The first-order valence-electron chi connectivity index (χ1n) is 7.58. The maximum Gasteiger partial charge on any atom is 0.251 e. The lowest BCUT2D eigenvalue weighted by atomic mass is 10.0. The molecule has 2 amide bonds. The average Bonchev–Trinajstić information content (AvgIpc) is 2.52. The largest absolute Gasteiger partial charge is 0.340 e. The molecule has 1 aromatic carbocycles. The number of amides is 2. The van der Waals surface area contributed by atoms with Gasteiger partial charge in [0.05, 0.1) is 0 Å². The van der Waals surface area contributed by atoms with Crippen molar-refractivity contribution in [1.82, 2.24) is 10.3 Å². The van der Waals surface area contributed by atoms with E-state index in [0.29, 0.717) is 11.4 Å². The number of aromatic nitrogens is 1. The highest BCUT2D eigenvalue weighted by molar-refractivity contribution is 6.00. The molecule has 0 bridgehead atoms. The Kier molecular flexibility index (Phi) is 5.46. The lowest BCUT2D eigenvalue weighted by Crippen LogP contribution is -2.47. The number of carbonyl (C=O) groups excluding carboxylic acids is 2. The fraction of sp³-hybridized carbons (Fsp3) is 0.278. The van der Waals surface area contributed by atoms with E-state index in [1.54, 1.807) is 30.3 Å². The summed E-state index contributed by atoms with van der Waals surface area (Å²) in [5.74, 6) is -0.110. The zero-order valence-electron chi connectivity index (χ0n) is 13.5. The van der Waals surface area contributed by atoms with Gasteiger partial charge in [0.1, 0.15) is 11.9 Å². The van der Waals surface area contributed by atoms with Gasteiger partial charge in [-0.2, -0.15) is 0 Å². The monoisotopic (exact) mass is 311 g/mol. The van der Waals surface area contributed by atoms with E-state index in [2.05, 4.69) is 15.6 Å². The van der Waals surface area contributed by atoms with Crippen molar-refractivity contribution in [2.45, 2.75) is 26.8 Å². The Labute approximate surface area is 136 Å². The second kappa shape index (κ2) is 7.54. The second-order valence-electron chi connectivity index (χ2n) is 5.71. The molecule has 1 heterocycles. The highest BCUT2D eigenvalue weighted by Gasteiger charge is 2.25. The van der Waals surface area contributed by atoms with E-state index in [4.69, 9.17) is 0 Å². The molecule has 0 radical (unpaired) electrons. The molecule has 0 aliphatic rings. The van der Waals surface area contributed by atoms with E-state index in [0.717, 1.165) is 5.69 Å². The molecule has 0 aliphatic heterocycles. The molecule has 0 saturated carbocycles. The third kappa shape index (κ3) is 4.64. The maximum atomic E-state index is 12.5. The predicted molar refractivity (Wildman–Crippen MR) is 90.1 cm³/mol. The third-order valence-corrected chi connectivity index (χ3v) is 3.41. The van der Waals surface area contributed by atoms with Crippen LogP contribution in [0.3, 0.4) is 0 Å². The van der Waals surface area contributed by atoms with Gasteiger partial charge in [-0.3, -0.25) is 9.59 Å². The Morgan fingerprint density at radius 1 is 1.00 bits per heavy atom. The molecule has 23 heavy (non-hydrogen) atoms. The lowest BCUT2D eigenvalue weighted by molar-refractivity contribution is -0.118. The summed E-state index contributed by atoms with van der Waals surface area (Å²) in [6.07, 6.45) is 0. The molecule has 1 atom stereocenters. The number of carbonyl (C=O) groups is 2. The van der Waals surface area contributed by atoms with Crippen molar-refractivity contribution in [3.05, 3.63) is 59.8 Å². The van der Waals surface area contributed by atoms with Gasteiger partial charge in [0.2, 0.25) is 5.91 Å². The molecular weight excluding hydrogens is 290 g/mol. The summed E-state index contributed by atoms with van der Waals surface area (Å²) in [4.78, 5) is 29.0. The second-order valence-corrected chi connectivity index (χ2v) is 5.71. The van der Waals surface area contributed by atoms with Crippen LogP contribution in [0.4, 0.5) is 5.82 Å². The average molecular weight is 311 g/mol. The molecule has 2 N–H and O–H groups in total. The van der Waals surface area contributed by atoms with Crippen LogP contribution in [0.15, 0.2) is 48.5 Å². The van der Waals surface area contributed by atoms with Crippen LogP contribution in [0.25, 0.3) is 0 Å². The number of aryl methyl sites for hydroxylation is 1. The number of nitrogens with zero attached hydrogens (tertiary/aromatic N) is 1. The van der Waals surface area contributed by atoms with Crippen molar-refractivity contribution in [3.63, 3.8) is 0 Å². The summed E-state index contributed by atoms with van der Waals surface area (Å²) < 4.78 is 0. The van der Waals surface area contributed by atoms with Crippen molar-refractivity contribution < 1.29 is 9.59 Å². The Hall–Kier alpha value is -2.69. The van der Waals surface area contributed by atoms with E-state index in [1.165, 1.54) is 0 Å². The fourth-order valence-corrected chi connectivity index (χ4v) is 2.17. The first kappa shape index (κ1) is 16.7. The van der Waals surface area contributed by atoms with Gasteiger partial charge in [0.25, 0.3) is 5.91 Å². The van der Waals surface area contributed by atoms with E-state index < -0.39 is 6.04 Å². The minimum absolute atomic E-state index is 0.0486. The number of hydrogen-bond acceptors (Lipinski definition) is 3. The van der Waals surface area contributed by atoms with Crippen LogP contribution in [0.1, 0.15) is 29.9 Å². The number of rotatable bonds is 5. The van der Waals surface area contributed by atoms with Gasteiger partial charge >= 0.3 is 0 Å². The summed E-state index contributed by atoms with van der Waals surface area (Å²) in [5.41, 5.74) is 1.34. The van der Waals surface area contributed by atoms with Crippen LogP contribution in [0, 0.1) is 12.8 Å². The van der Waals surface area contributed by atoms with Crippen molar-refractivity contribution in [3.8, 4) is 0 Å². The highest BCUT2D eigenvalue weighted by atomic mass is 16.2. The smallest absolute Gasteiger partial charge is 0.251 e. The van der Waals surface area contributed by atoms with Crippen LogP contribution in [0.2, 0.25) is 0 Å². The standard InChI is InChI=1S/C18H21N3O2/c1-12(2)16(21-17(22)14-9-5-4-6-10-14)18(23)20-15-11-7-8-13(3)19-15/h4-12,16H,1-3H3,(H,21,22)(H,19,20,23). The summed E-state index contributed by atoms with van der Waals surface area (Å²) >= 11 is 0. The van der Waals surface area contributed by atoms with Crippen molar-refractivity contribution >= 4 is 17.6 Å². The van der Waals surface area contributed by atoms with Crippen LogP contribution in [0.5, 0.6) is 0 Å². The van der Waals surface area contributed by atoms with E-state index in [9.17, 15) is 9.59 Å². The van der Waals surface area contributed by atoms with Gasteiger partial charge in [-0.25, -0.2) is 4.98 Å². The minimum Gasteiger partial charge on any atom is -0.340 e. The van der Waals surface area contributed by atoms with Crippen LogP contribution in [-0.4, -0.2) is 22.8 Å². The third-order valence-electron chi connectivity index (χ3n) is 3.41. The molecule has 0 aliphatic carbocycles. The fourth-order valence-electron chi connectivity index (χ4n) is 2.17.